The molecule has 184 valence electrons. The molecule has 0 spiro atoms. The third-order valence-corrected chi connectivity index (χ3v) is 8.79. The van der Waals surface area contributed by atoms with Gasteiger partial charge in [-0.2, -0.15) is 0 Å². The Hall–Kier alpha value is -5.20. The molecule has 0 fully saturated rings. The van der Waals surface area contributed by atoms with Crippen molar-refractivity contribution < 1.29 is 0 Å². The van der Waals surface area contributed by atoms with E-state index in [0.29, 0.717) is 0 Å². The number of rotatable bonds is 2. The number of benzene rings is 9. The van der Waals surface area contributed by atoms with Gasteiger partial charge in [-0.05, 0) is 86.9 Å². The SMILES string of the molecule is c1ccc2c(-c3c4ccccc4c(-c4ccc5ccc6cccc7ccc4c5c67)c4ccccc34)cccc2c1. The summed E-state index contributed by atoms with van der Waals surface area (Å²) in [6.45, 7) is 0. The molecule has 0 N–H and O–H groups in total. The summed E-state index contributed by atoms with van der Waals surface area (Å²) in [7, 11) is 0. The molecule has 0 aliphatic rings. The van der Waals surface area contributed by atoms with Gasteiger partial charge in [0.05, 0.1) is 0 Å². The van der Waals surface area contributed by atoms with Gasteiger partial charge in [0.1, 0.15) is 0 Å². The second kappa shape index (κ2) is 8.15. The normalized spacial score (nSPS) is 12.0. The number of hydrogen-bond donors (Lipinski definition) is 0. The van der Waals surface area contributed by atoms with Crippen LogP contribution < -0.4 is 0 Å². The average Bonchev–Trinajstić information content (AvgIpc) is 3.02. The van der Waals surface area contributed by atoms with E-state index in [0.717, 1.165) is 0 Å². The van der Waals surface area contributed by atoms with Crippen LogP contribution in [0.25, 0.3) is 86.9 Å². The minimum atomic E-state index is 1.27. The first kappa shape index (κ1) is 21.7. The molecule has 0 saturated heterocycles. The zero-order chi connectivity index (χ0) is 26.2. The maximum absolute atomic E-state index is 2.34. The average molecular weight is 505 g/mol. The van der Waals surface area contributed by atoms with Gasteiger partial charge in [-0.25, -0.2) is 0 Å². The predicted molar refractivity (Wildman–Crippen MR) is 174 cm³/mol. The van der Waals surface area contributed by atoms with E-state index in [1.807, 2.05) is 0 Å². The minimum absolute atomic E-state index is 1.27. The summed E-state index contributed by atoms with van der Waals surface area (Å²) >= 11 is 0. The molecule has 9 rings (SSSR count). The summed E-state index contributed by atoms with van der Waals surface area (Å²) in [5, 5.41) is 15.6. The fraction of sp³-hybridized carbons (Fsp3) is 0. The van der Waals surface area contributed by atoms with Crippen LogP contribution in [0.5, 0.6) is 0 Å². The van der Waals surface area contributed by atoms with Crippen molar-refractivity contribution in [3.8, 4) is 22.3 Å². The Kier molecular flexibility index (Phi) is 4.42. The molecule has 0 atom stereocenters. The lowest BCUT2D eigenvalue weighted by molar-refractivity contribution is 1.69. The second-order valence-electron chi connectivity index (χ2n) is 10.8. The first-order valence-corrected chi connectivity index (χ1v) is 14.0. The molecule has 0 aliphatic carbocycles. The molecule has 40 heavy (non-hydrogen) atoms. The summed E-state index contributed by atoms with van der Waals surface area (Å²) < 4.78 is 0. The maximum Gasteiger partial charge on any atom is -0.00201 e. The highest BCUT2D eigenvalue weighted by molar-refractivity contribution is 6.30. The van der Waals surface area contributed by atoms with Crippen molar-refractivity contribution in [2.24, 2.45) is 0 Å². The van der Waals surface area contributed by atoms with Crippen LogP contribution in [0.15, 0.2) is 146 Å². The van der Waals surface area contributed by atoms with Gasteiger partial charge in [0, 0.05) is 0 Å². The standard InChI is InChI=1S/C40H24/c1-2-13-29-25(9-1)10-8-18-30(29)39-31-14-3-5-16-33(31)40(34-17-6-4-15-32(34)39)36-24-22-28-20-19-26-11-7-12-27-21-23-35(36)38(28)37(26)27/h1-24H. The van der Waals surface area contributed by atoms with Crippen molar-refractivity contribution >= 4 is 64.6 Å². The topological polar surface area (TPSA) is 0 Å². The Bertz CT molecular complexity index is 2350. The highest BCUT2D eigenvalue weighted by atomic mass is 14.2. The quantitative estimate of drug-likeness (QED) is 0.162. The molecule has 0 radical (unpaired) electrons. The van der Waals surface area contributed by atoms with Crippen molar-refractivity contribution in [3.05, 3.63) is 146 Å². The van der Waals surface area contributed by atoms with Gasteiger partial charge in [0.25, 0.3) is 0 Å². The molecule has 0 aliphatic heterocycles. The van der Waals surface area contributed by atoms with E-state index < -0.39 is 0 Å². The van der Waals surface area contributed by atoms with E-state index in [2.05, 4.69) is 146 Å². The van der Waals surface area contributed by atoms with Crippen LogP contribution in [0.1, 0.15) is 0 Å². The Balaban J connectivity index is 1.48. The molecular formula is C40H24. The maximum atomic E-state index is 2.34. The fourth-order valence-corrected chi connectivity index (χ4v) is 7.11. The first-order chi connectivity index (χ1) is 19.9. The molecule has 0 unspecified atom stereocenters. The number of hydrogen-bond acceptors (Lipinski definition) is 0. The van der Waals surface area contributed by atoms with E-state index in [1.165, 1.54) is 86.9 Å². The van der Waals surface area contributed by atoms with Gasteiger partial charge in [-0.15, -0.1) is 0 Å². The van der Waals surface area contributed by atoms with Crippen molar-refractivity contribution in [3.63, 3.8) is 0 Å². The van der Waals surface area contributed by atoms with Crippen LogP contribution in [0.2, 0.25) is 0 Å². The highest BCUT2D eigenvalue weighted by Crippen LogP contribution is 2.48. The van der Waals surface area contributed by atoms with Gasteiger partial charge < -0.3 is 0 Å². The third kappa shape index (κ3) is 2.91. The smallest absolute Gasteiger partial charge is 0.00201 e. The highest BCUT2D eigenvalue weighted by Gasteiger charge is 2.20. The molecule has 0 heterocycles. The Morgan fingerprint density at radius 3 is 1.30 bits per heavy atom. The zero-order valence-corrected chi connectivity index (χ0v) is 21.9. The van der Waals surface area contributed by atoms with E-state index in [9.17, 15) is 0 Å². The molecule has 9 aromatic carbocycles. The van der Waals surface area contributed by atoms with Crippen LogP contribution in [-0.2, 0) is 0 Å². The van der Waals surface area contributed by atoms with Crippen molar-refractivity contribution in [2.75, 3.05) is 0 Å². The van der Waals surface area contributed by atoms with Gasteiger partial charge in [-0.3, -0.25) is 0 Å². The van der Waals surface area contributed by atoms with Gasteiger partial charge in [-0.1, -0.05) is 146 Å². The zero-order valence-electron chi connectivity index (χ0n) is 21.9. The molecule has 0 aromatic heterocycles. The monoisotopic (exact) mass is 504 g/mol. The summed E-state index contributed by atoms with van der Waals surface area (Å²) in [5.41, 5.74) is 5.20. The Morgan fingerprint density at radius 1 is 0.225 bits per heavy atom. The molecule has 9 aromatic rings. The van der Waals surface area contributed by atoms with Crippen LogP contribution in [0, 0.1) is 0 Å². The molecule has 0 saturated carbocycles. The van der Waals surface area contributed by atoms with E-state index in [-0.39, 0.29) is 0 Å². The van der Waals surface area contributed by atoms with Crippen molar-refractivity contribution in [1.29, 1.82) is 0 Å². The fourth-order valence-electron chi connectivity index (χ4n) is 7.11. The lowest BCUT2D eigenvalue weighted by atomic mass is 9.82. The van der Waals surface area contributed by atoms with Gasteiger partial charge in [0.15, 0.2) is 0 Å². The minimum Gasteiger partial charge on any atom is -0.0616 e. The molecular weight excluding hydrogens is 480 g/mol. The van der Waals surface area contributed by atoms with Crippen molar-refractivity contribution in [1.82, 2.24) is 0 Å². The summed E-state index contributed by atoms with van der Waals surface area (Å²) in [6.07, 6.45) is 0. The lowest BCUT2D eigenvalue weighted by Crippen LogP contribution is -1.93. The summed E-state index contributed by atoms with van der Waals surface area (Å²) in [4.78, 5) is 0. The molecule has 0 nitrogen and oxygen atoms in total. The lowest BCUT2D eigenvalue weighted by Gasteiger charge is -2.20. The van der Waals surface area contributed by atoms with E-state index >= 15 is 0 Å². The third-order valence-electron chi connectivity index (χ3n) is 8.79. The van der Waals surface area contributed by atoms with Gasteiger partial charge in [0.2, 0.25) is 0 Å². The predicted octanol–water partition coefficient (Wildman–Crippen LogP) is 11.4. The van der Waals surface area contributed by atoms with Crippen LogP contribution in [0.3, 0.4) is 0 Å². The summed E-state index contributed by atoms with van der Waals surface area (Å²) in [6, 6.07) is 53.8. The van der Waals surface area contributed by atoms with Crippen LogP contribution >= 0.6 is 0 Å². The van der Waals surface area contributed by atoms with Crippen molar-refractivity contribution in [2.45, 2.75) is 0 Å². The first-order valence-electron chi connectivity index (χ1n) is 14.0. The molecule has 0 bridgehead atoms. The van der Waals surface area contributed by atoms with E-state index in [4.69, 9.17) is 0 Å². The summed E-state index contributed by atoms with van der Waals surface area (Å²) in [5.74, 6) is 0. The Morgan fingerprint density at radius 2 is 0.650 bits per heavy atom. The second-order valence-corrected chi connectivity index (χ2v) is 10.8. The van der Waals surface area contributed by atoms with E-state index in [1.54, 1.807) is 0 Å². The van der Waals surface area contributed by atoms with Crippen LogP contribution in [-0.4, -0.2) is 0 Å². The molecule has 0 amide bonds. The number of fused-ring (bicyclic) bond motifs is 3. The molecule has 0 heteroatoms. The Labute approximate surface area is 232 Å². The van der Waals surface area contributed by atoms with Gasteiger partial charge >= 0.3 is 0 Å². The largest absolute Gasteiger partial charge is 0.0616 e. The van der Waals surface area contributed by atoms with Crippen LogP contribution in [0.4, 0.5) is 0 Å².